The van der Waals surface area contributed by atoms with E-state index in [1.807, 2.05) is 6.92 Å². The van der Waals surface area contributed by atoms with Crippen LogP contribution in [0.4, 0.5) is 0 Å². The molecule has 1 rings (SSSR count). The minimum atomic E-state index is -1.37. The van der Waals surface area contributed by atoms with Crippen LogP contribution >= 0.6 is 0 Å². The van der Waals surface area contributed by atoms with Gasteiger partial charge in [-0.3, -0.25) is 0 Å². The lowest BCUT2D eigenvalue weighted by Crippen LogP contribution is -2.60. The fourth-order valence-electron chi connectivity index (χ4n) is 2.47. The molecule has 9 nitrogen and oxygen atoms in total. The summed E-state index contributed by atoms with van der Waals surface area (Å²) in [6.45, 7) is 3.88. The van der Waals surface area contributed by atoms with Gasteiger partial charge >= 0.3 is 0 Å². The van der Waals surface area contributed by atoms with E-state index < -0.39 is 30.7 Å². The number of nitrogens with two attached hydrogens (primary N) is 2. The molecular formula is C14H30N4O5. The molecule has 0 saturated carbocycles. The molecule has 1 heterocycles. The Balaban J connectivity index is 2.58. The second-order valence-corrected chi connectivity index (χ2v) is 5.52. The molecule has 1 aliphatic rings. The Morgan fingerprint density at radius 3 is 2.57 bits per heavy atom. The Morgan fingerprint density at radius 1 is 1.30 bits per heavy atom. The van der Waals surface area contributed by atoms with Crippen LogP contribution in [0.2, 0.25) is 0 Å². The van der Waals surface area contributed by atoms with Crippen LogP contribution in [0.1, 0.15) is 19.8 Å². The van der Waals surface area contributed by atoms with E-state index in [9.17, 15) is 15.3 Å². The Kier molecular flexibility index (Phi) is 8.77. The molecule has 0 aliphatic carbocycles. The summed E-state index contributed by atoms with van der Waals surface area (Å²) >= 11 is 0. The number of methoxy groups -OCH3 is 1. The van der Waals surface area contributed by atoms with Gasteiger partial charge in [0.2, 0.25) is 0 Å². The first-order valence-corrected chi connectivity index (χ1v) is 7.82. The average molecular weight is 334 g/mol. The van der Waals surface area contributed by atoms with Crippen molar-refractivity contribution in [3.8, 4) is 0 Å². The smallest absolute Gasteiger partial charge is 0.186 e. The van der Waals surface area contributed by atoms with Crippen LogP contribution in [-0.4, -0.2) is 77.8 Å². The van der Waals surface area contributed by atoms with Gasteiger partial charge in [-0.15, -0.1) is 0 Å². The molecule has 136 valence electrons. The van der Waals surface area contributed by atoms with Crippen LogP contribution in [0.3, 0.4) is 0 Å². The summed E-state index contributed by atoms with van der Waals surface area (Å²) in [6, 6.07) is 0. The summed E-state index contributed by atoms with van der Waals surface area (Å²) in [7, 11) is 1.35. The molecule has 1 aliphatic heterocycles. The molecule has 0 aromatic heterocycles. The van der Waals surface area contributed by atoms with E-state index >= 15 is 0 Å². The van der Waals surface area contributed by atoms with Gasteiger partial charge in [-0.05, 0) is 25.9 Å². The largest absolute Gasteiger partial charge is 0.403 e. The summed E-state index contributed by atoms with van der Waals surface area (Å²) in [5, 5.41) is 34.2. The van der Waals surface area contributed by atoms with E-state index in [2.05, 4.69) is 5.32 Å². The molecule has 5 unspecified atom stereocenters. The highest BCUT2D eigenvalue weighted by Gasteiger charge is 2.44. The van der Waals surface area contributed by atoms with Gasteiger partial charge in [-0.1, -0.05) is 6.92 Å². The number of hydrogen-bond donors (Lipinski definition) is 6. The number of nitrogens with one attached hydrogen (secondary N) is 1. The maximum atomic E-state index is 10.0. The van der Waals surface area contributed by atoms with E-state index in [0.29, 0.717) is 12.1 Å². The highest BCUT2D eigenvalue weighted by Crippen LogP contribution is 2.23. The molecule has 8 N–H and O–H groups in total. The van der Waals surface area contributed by atoms with Gasteiger partial charge in [0.15, 0.2) is 6.29 Å². The van der Waals surface area contributed by atoms with Crippen molar-refractivity contribution in [3.05, 3.63) is 11.9 Å². The van der Waals surface area contributed by atoms with Crippen LogP contribution in [0.15, 0.2) is 11.9 Å². The first kappa shape index (κ1) is 20.1. The van der Waals surface area contributed by atoms with Crippen molar-refractivity contribution in [1.82, 2.24) is 10.3 Å². The van der Waals surface area contributed by atoms with E-state index in [1.165, 1.54) is 18.3 Å². The molecule has 0 bridgehead atoms. The molecule has 5 atom stereocenters. The highest BCUT2D eigenvalue weighted by atomic mass is 16.7. The zero-order chi connectivity index (χ0) is 17.4. The number of rotatable bonds is 9. The van der Waals surface area contributed by atoms with Gasteiger partial charge in [0, 0.05) is 19.0 Å². The SMILES string of the molecule is CCNCCC/C(=C/N)N(N)CC1OC(OC)C(O)C(O)C1O. The zero-order valence-corrected chi connectivity index (χ0v) is 13.8. The molecule has 9 heteroatoms. The standard InChI is InChI=1S/C14H30N4O5/c1-3-17-6-4-5-9(7-15)18(16)8-10-11(19)12(20)13(21)14(22-2)23-10/h7,10-14,17,19-21H,3-6,8,15-16H2,1-2H3/b9-7-. The Hall–Kier alpha value is -0.940. The third-order valence-electron chi connectivity index (χ3n) is 3.88. The van der Waals surface area contributed by atoms with Crippen molar-refractivity contribution in [2.75, 3.05) is 26.7 Å². The first-order valence-electron chi connectivity index (χ1n) is 7.82. The lowest BCUT2D eigenvalue weighted by molar-refractivity contribution is -0.291. The Morgan fingerprint density at radius 2 is 2.00 bits per heavy atom. The van der Waals surface area contributed by atoms with Crippen molar-refractivity contribution in [2.45, 2.75) is 50.5 Å². The van der Waals surface area contributed by atoms with Crippen LogP contribution in [0.5, 0.6) is 0 Å². The maximum Gasteiger partial charge on any atom is 0.186 e. The highest BCUT2D eigenvalue weighted by molar-refractivity contribution is 4.99. The second-order valence-electron chi connectivity index (χ2n) is 5.52. The van der Waals surface area contributed by atoms with E-state index in [0.717, 1.165) is 19.5 Å². The number of allylic oxidation sites excluding steroid dienone is 1. The lowest BCUT2D eigenvalue weighted by Gasteiger charge is -2.41. The average Bonchev–Trinajstić information content (AvgIpc) is 2.55. The Bertz CT molecular complexity index is 369. The van der Waals surface area contributed by atoms with Crippen molar-refractivity contribution < 1.29 is 24.8 Å². The minimum Gasteiger partial charge on any atom is -0.403 e. The third-order valence-corrected chi connectivity index (χ3v) is 3.88. The van der Waals surface area contributed by atoms with Crippen molar-refractivity contribution in [2.24, 2.45) is 11.6 Å². The molecule has 0 amide bonds. The molecule has 23 heavy (non-hydrogen) atoms. The fourth-order valence-corrected chi connectivity index (χ4v) is 2.47. The van der Waals surface area contributed by atoms with Crippen molar-refractivity contribution in [3.63, 3.8) is 0 Å². The number of aliphatic hydroxyl groups excluding tert-OH is 3. The Labute approximate surface area is 136 Å². The summed E-state index contributed by atoms with van der Waals surface area (Å²) in [6.07, 6.45) is -2.85. The number of hydrogen-bond acceptors (Lipinski definition) is 9. The number of ether oxygens (including phenoxy) is 2. The minimum absolute atomic E-state index is 0.106. The second kappa shape index (κ2) is 10.0. The van der Waals surface area contributed by atoms with E-state index in [4.69, 9.17) is 21.1 Å². The summed E-state index contributed by atoms with van der Waals surface area (Å²) in [4.78, 5) is 0. The number of nitrogens with zero attached hydrogens (tertiary/aromatic N) is 1. The summed E-state index contributed by atoms with van der Waals surface area (Å²) in [5.74, 6) is 5.99. The molecule has 0 spiro atoms. The van der Waals surface area contributed by atoms with E-state index in [1.54, 1.807) is 0 Å². The molecule has 0 aromatic carbocycles. The van der Waals surface area contributed by atoms with Gasteiger partial charge in [0.05, 0.1) is 6.54 Å². The van der Waals surface area contributed by atoms with Gasteiger partial charge in [-0.25, -0.2) is 5.84 Å². The quantitative estimate of drug-likeness (QED) is 0.157. The van der Waals surface area contributed by atoms with Gasteiger partial charge in [-0.2, -0.15) is 0 Å². The normalized spacial score (nSPS) is 32.1. The van der Waals surface area contributed by atoms with Crippen LogP contribution in [0.25, 0.3) is 0 Å². The topological polar surface area (TPSA) is 146 Å². The van der Waals surface area contributed by atoms with Gasteiger partial charge in [0.25, 0.3) is 0 Å². The molecule has 0 radical (unpaired) electrons. The predicted octanol–water partition coefficient (Wildman–Crippen LogP) is -2.19. The molecule has 1 saturated heterocycles. The molecule has 1 fully saturated rings. The molecular weight excluding hydrogens is 304 g/mol. The predicted molar refractivity (Wildman–Crippen MR) is 84.6 cm³/mol. The zero-order valence-electron chi connectivity index (χ0n) is 13.8. The molecule has 0 aromatic rings. The summed E-state index contributed by atoms with van der Waals surface area (Å²) in [5.41, 5.74) is 6.31. The third kappa shape index (κ3) is 5.57. The van der Waals surface area contributed by atoms with Crippen molar-refractivity contribution >= 4 is 0 Å². The lowest BCUT2D eigenvalue weighted by atomic mass is 9.98. The van der Waals surface area contributed by atoms with Gasteiger partial charge < -0.3 is 40.9 Å². The van der Waals surface area contributed by atoms with E-state index in [-0.39, 0.29) is 6.54 Å². The summed E-state index contributed by atoms with van der Waals surface area (Å²) < 4.78 is 10.4. The van der Waals surface area contributed by atoms with Gasteiger partial charge in [0.1, 0.15) is 24.4 Å². The van der Waals surface area contributed by atoms with Crippen LogP contribution in [0, 0.1) is 0 Å². The first-order chi connectivity index (χ1) is 11.0. The van der Waals surface area contributed by atoms with Crippen LogP contribution < -0.4 is 16.9 Å². The fraction of sp³-hybridized carbons (Fsp3) is 0.857. The monoisotopic (exact) mass is 334 g/mol. The maximum absolute atomic E-state index is 10.0. The van der Waals surface area contributed by atoms with Crippen LogP contribution in [-0.2, 0) is 9.47 Å². The number of hydrazine groups is 1. The van der Waals surface area contributed by atoms with Crippen molar-refractivity contribution in [1.29, 1.82) is 0 Å². The number of aliphatic hydroxyl groups is 3.